The molecule has 0 saturated heterocycles. The summed E-state index contributed by atoms with van der Waals surface area (Å²) in [5.74, 6) is 0. The molecule has 276 valence electrons. The number of para-hydroxylation sites is 1. The Morgan fingerprint density at radius 3 is 1.75 bits per heavy atom. The summed E-state index contributed by atoms with van der Waals surface area (Å²) in [5, 5.41) is 9.32. The Bertz CT molecular complexity index is 3540. The Balaban J connectivity index is 1.04. The van der Waals surface area contributed by atoms with Crippen LogP contribution in [0.4, 0.5) is 17.1 Å². The first-order valence-corrected chi connectivity index (χ1v) is 20.1. The normalized spacial score (nSPS) is 11.7. The van der Waals surface area contributed by atoms with E-state index < -0.39 is 0 Å². The van der Waals surface area contributed by atoms with Crippen molar-refractivity contribution in [1.29, 1.82) is 0 Å². The molecule has 0 aliphatic rings. The molecule has 12 rings (SSSR count). The molecule has 2 aromatic heterocycles. The minimum atomic E-state index is 0.853. The fourth-order valence-corrected chi connectivity index (χ4v) is 8.98. The lowest BCUT2D eigenvalue weighted by atomic mass is 9.97. The van der Waals surface area contributed by atoms with Crippen molar-refractivity contribution in [3.05, 3.63) is 212 Å². The van der Waals surface area contributed by atoms with Crippen LogP contribution in [0, 0.1) is 0 Å². The van der Waals surface area contributed by atoms with Gasteiger partial charge in [0.15, 0.2) is 0 Å². The number of nitrogens with zero attached hydrogens (tertiary/aromatic N) is 1. The molecule has 2 heterocycles. The molecular formula is C56H35NO2. The first-order valence-electron chi connectivity index (χ1n) is 20.1. The molecule has 0 unspecified atom stereocenters. The Morgan fingerprint density at radius 1 is 0.305 bits per heavy atom. The lowest BCUT2D eigenvalue weighted by Gasteiger charge is -2.27. The second-order valence-corrected chi connectivity index (χ2v) is 15.3. The molecule has 0 radical (unpaired) electrons. The smallest absolute Gasteiger partial charge is 0.145 e. The van der Waals surface area contributed by atoms with Gasteiger partial charge in [0.25, 0.3) is 0 Å². The quantitative estimate of drug-likeness (QED) is 0.158. The monoisotopic (exact) mass is 753 g/mol. The van der Waals surface area contributed by atoms with Gasteiger partial charge in [-0.15, -0.1) is 0 Å². The third-order valence-electron chi connectivity index (χ3n) is 11.9. The number of fused-ring (bicyclic) bond motifs is 9. The Kier molecular flexibility index (Phi) is 7.54. The summed E-state index contributed by atoms with van der Waals surface area (Å²) in [5.41, 5.74) is 13.4. The van der Waals surface area contributed by atoms with Gasteiger partial charge in [-0.2, -0.15) is 0 Å². The molecule has 0 fully saturated rings. The standard InChI is InChI=1S/C56H35NO2/c1-3-11-36(12-4-1)41-24-29-48-50-35-44(27-32-53(50)58-54(48)34-41)57(51-31-30-47(38-13-5-2-6-14-38)56-55(51)49-17-9-10-18-52(49)59-56)43-25-21-37(22-26-43)40-23-28-46-42(33-40)20-19-39-15-7-8-16-45(39)46/h1-35H. The minimum Gasteiger partial charge on any atom is -0.456 e. The van der Waals surface area contributed by atoms with Crippen molar-refractivity contribution in [3.63, 3.8) is 0 Å². The Labute approximate surface area is 340 Å². The van der Waals surface area contributed by atoms with Crippen molar-refractivity contribution in [2.75, 3.05) is 4.90 Å². The molecule has 0 bridgehead atoms. The third kappa shape index (κ3) is 5.51. The van der Waals surface area contributed by atoms with Crippen molar-refractivity contribution in [2.45, 2.75) is 0 Å². The van der Waals surface area contributed by atoms with Gasteiger partial charge in [0.1, 0.15) is 22.3 Å². The Hall–Kier alpha value is -7.88. The van der Waals surface area contributed by atoms with Gasteiger partial charge in [0.05, 0.1) is 11.1 Å². The summed E-state index contributed by atoms with van der Waals surface area (Å²) in [6, 6.07) is 75.7. The van der Waals surface area contributed by atoms with Crippen LogP contribution in [0.5, 0.6) is 0 Å². The summed E-state index contributed by atoms with van der Waals surface area (Å²) in [7, 11) is 0. The molecule has 0 saturated carbocycles. The van der Waals surface area contributed by atoms with Crippen molar-refractivity contribution >= 4 is 82.5 Å². The van der Waals surface area contributed by atoms with E-state index in [2.05, 4.69) is 205 Å². The number of rotatable bonds is 6. The summed E-state index contributed by atoms with van der Waals surface area (Å²) < 4.78 is 13.3. The number of anilines is 3. The van der Waals surface area contributed by atoms with E-state index in [9.17, 15) is 0 Å². The lowest BCUT2D eigenvalue weighted by molar-refractivity contribution is 0.669. The highest BCUT2D eigenvalue weighted by molar-refractivity contribution is 6.17. The Morgan fingerprint density at radius 2 is 0.915 bits per heavy atom. The van der Waals surface area contributed by atoms with Crippen LogP contribution in [0.3, 0.4) is 0 Å². The maximum Gasteiger partial charge on any atom is 0.145 e. The van der Waals surface area contributed by atoms with Crippen LogP contribution in [0.2, 0.25) is 0 Å². The van der Waals surface area contributed by atoms with Crippen molar-refractivity contribution in [2.24, 2.45) is 0 Å². The van der Waals surface area contributed by atoms with Crippen molar-refractivity contribution < 1.29 is 8.83 Å². The molecule has 0 amide bonds. The van der Waals surface area contributed by atoms with E-state index in [1.165, 1.54) is 27.1 Å². The van der Waals surface area contributed by atoms with Crippen LogP contribution in [0.1, 0.15) is 0 Å². The number of hydrogen-bond donors (Lipinski definition) is 0. The predicted molar refractivity (Wildman–Crippen MR) is 247 cm³/mol. The molecule has 10 aromatic carbocycles. The zero-order valence-electron chi connectivity index (χ0n) is 32.0. The minimum absolute atomic E-state index is 0.853. The van der Waals surface area contributed by atoms with Crippen LogP contribution in [-0.4, -0.2) is 0 Å². The molecule has 12 aromatic rings. The molecule has 59 heavy (non-hydrogen) atoms. The van der Waals surface area contributed by atoms with Crippen molar-refractivity contribution in [1.82, 2.24) is 0 Å². The van der Waals surface area contributed by atoms with Crippen LogP contribution in [0.15, 0.2) is 221 Å². The van der Waals surface area contributed by atoms with Crippen LogP contribution < -0.4 is 4.90 Å². The highest BCUT2D eigenvalue weighted by Crippen LogP contribution is 2.47. The van der Waals surface area contributed by atoms with E-state index in [1.54, 1.807) is 0 Å². The second kappa shape index (κ2) is 13.4. The molecule has 0 aliphatic carbocycles. The largest absolute Gasteiger partial charge is 0.456 e. The zero-order valence-corrected chi connectivity index (χ0v) is 32.0. The van der Waals surface area contributed by atoms with E-state index in [4.69, 9.17) is 8.83 Å². The maximum atomic E-state index is 6.76. The zero-order chi connectivity index (χ0) is 38.9. The molecule has 0 N–H and O–H groups in total. The lowest BCUT2D eigenvalue weighted by Crippen LogP contribution is -2.10. The SMILES string of the molecule is c1ccc(-c2ccc3c(c2)oc2ccc(N(c4ccc(-c5ccc6c(ccc7ccccc76)c5)cc4)c4ccc(-c5ccccc5)c5oc6ccccc6c45)cc23)cc1. The summed E-state index contributed by atoms with van der Waals surface area (Å²) >= 11 is 0. The van der Waals surface area contributed by atoms with Gasteiger partial charge in [-0.3, -0.25) is 0 Å². The summed E-state index contributed by atoms with van der Waals surface area (Å²) in [6.45, 7) is 0. The number of hydrogen-bond acceptors (Lipinski definition) is 3. The van der Waals surface area contributed by atoms with Crippen molar-refractivity contribution in [3.8, 4) is 33.4 Å². The summed E-state index contributed by atoms with van der Waals surface area (Å²) in [4.78, 5) is 2.37. The molecule has 3 nitrogen and oxygen atoms in total. The number of benzene rings is 10. The molecular weight excluding hydrogens is 719 g/mol. The first-order chi connectivity index (χ1) is 29.2. The van der Waals surface area contributed by atoms with Gasteiger partial charge in [-0.25, -0.2) is 0 Å². The maximum absolute atomic E-state index is 6.76. The average Bonchev–Trinajstić information content (AvgIpc) is 3.88. The van der Waals surface area contributed by atoms with E-state index in [-0.39, 0.29) is 0 Å². The first kappa shape index (κ1) is 33.3. The molecule has 0 aliphatic heterocycles. The van der Waals surface area contributed by atoms with Gasteiger partial charge < -0.3 is 13.7 Å². The predicted octanol–water partition coefficient (Wildman–Crippen LogP) is 16.3. The van der Waals surface area contributed by atoms with Gasteiger partial charge in [0.2, 0.25) is 0 Å². The topological polar surface area (TPSA) is 29.5 Å². The van der Waals surface area contributed by atoms with Crippen LogP contribution >= 0.6 is 0 Å². The van der Waals surface area contributed by atoms with Gasteiger partial charge >= 0.3 is 0 Å². The van der Waals surface area contributed by atoms with Crippen LogP contribution in [-0.2, 0) is 0 Å². The van der Waals surface area contributed by atoms with Gasteiger partial charge in [-0.05, 0) is 116 Å². The van der Waals surface area contributed by atoms with Gasteiger partial charge in [0, 0.05) is 33.1 Å². The fraction of sp³-hybridized carbons (Fsp3) is 0. The van der Waals surface area contributed by atoms with Gasteiger partial charge in [-0.1, -0.05) is 146 Å². The second-order valence-electron chi connectivity index (χ2n) is 15.3. The number of furan rings is 2. The highest BCUT2D eigenvalue weighted by Gasteiger charge is 2.23. The molecule has 3 heteroatoms. The van der Waals surface area contributed by atoms with E-state index >= 15 is 0 Å². The highest BCUT2D eigenvalue weighted by atomic mass is 16.3. The van der Waals surface area contributed by atoms with E-state index in [1.807, 2.05) is 12.1 Å². The third-order valence-corrected chi connectivity index (χ3v) is 11.9. The van der Waals surface area contributed by atoms with E-state index in [0.717, 1.165) is 88.8 Å². The summed E-state index contributed by atoms with van der Waals surface area (Å²) in [6.07, 6.45) is 0. The average molecular weight is 754 g/mol. The molecule has 0 spiro atoms. The van der Waals surface area contributed by atoms with E-state index in [0.29, 0.717) is 0 Å². The van der Waals surface area contributed by atoms with Crippen LogP contribution in [0.25, 0.3) is 98.8 Å². The fourth-order valence-electron chi connectivity index (χ4n) is 8.98. The molecule has 0 atom stereocenters.